The molecule has 8 heteroatoms. The van der Waals surface area contributed by atoms with Gasteiger partial charge in [0.15, 0.2) is 0 Å². The molecule has 3 aliphatic rings. The van der Waals surface area contributed by atoms with Gasteiger partial charge in [0.05, 0.1) is 29.2 Å². The summed E-state index contributed by atoms with van der Waals surface area (Å²) in [7, 11) is 0. The summed E-state index contributed by atoms with van der Waals surface area (Å²) in [6.07, 6.45) is 4.18. The Labute approximate surface area is 212 Å². The first-order valence-corrected chi connectivity index (χ1v) is 14.0. The van der Waals surface area contributed by atoms with E-state index in [9.17, 15) is 19.5 Å². The van der Waals surface area contributed by atoms with Gasteiger partial charge in [0.25, 0.3) is 0 Å². The number of fused-ring (bicyclic) bond motifs is 1. The second-order valence-corrected chi connectivity index (χ2v) is 11.9. The first-order valence-electron chi connectivity index (χ1n) is 13.1. The topological polar surface area (TPSA) is 98.7 Å². The summed E-state index contributed by atoms with van der Waals surface area (Å²) >= 11 is 1.67. The first kappa shape index (κ1) is 26.0. The average molecular weight is 502 g/mol. The van der Waals surface area contributed by atoms with Crippen LogP contribution in [0.25, 0.3) is 0 Å². The molecule has 0 radical (unpaired) electrons. The normalized spacial score (nSPS) is 30.7. The molecule has 7 atom stereocenters. The van der Waals surface area contributed by atoms with Gasteiger partial charge in [-0.15, -0.1) is 11.8 Å². The number of hydrogen-bond donors (Lipinski definition) is 3. The van der Waals surface area contributed by atoms with Crippen molar-refractivity contribution in [2.75, 3.05) is 13.2 Å². The van der Waals surface area contributed by atoms with E-state index in [2.05, 4.69) is 17.6 Å². The molecular weight excluding hydrogens is 462 g/mol. The second kappa shape index (κ2) is 10.9. The molecule has 1 aromatic rings. The van der Waals surface area contributed by atoms with Gasteiger partial charge >= 0.3 is 0 Å². The number of likely N-dealkylation sites (tertiary alicyclic amines) is 1. The predicted octanol–water partition coefficient (Wildman–Crippen LogP) is 2.72. The van der Waals surface area contributed by atoms with E-state index in [-0.39, 0.29) is 35.5 Å². The lowest BCUT2D eigenvalue weighted by molar-refractivity contribution is -0.144. The van der Waals surface area contributed by atoms with Gasteiger partial charge in [0.2, 0.25) is 17.7 Å². The second-order valence-electron chi connectivity index (χ2n) is 10.3. The van der Waals surface area contributed by atoms with Crippen LogP contribution in [0.5, 0.6) is 0 Å². The molecule has 0 aromatic heterocycles. The van der Waals surface area contributed by atoms with Crippen LogP contribution in [0.1, 0.15) is 58.4 Å². The zero-order valence-corrected chi connectivity index (χ0v) is 21.9. The van der Waals surface area contributed by atoms with Crippen molar-refractivity contribution >= 4 is 29.5 Å². The maximum atomic E-state index is 14.1. The summed E-state index contributed by atoms with van der Waals surface area (Å²) in [5.41, 5.74) is 1.01. The van der Waals surface area contributed by atoms with Crippen molar-refractivity contribution in [3.05, 3.63) is 35.9 Å². The van der Waals surface area contributed by atoms with E-state index in [1.165, 1.54) is 0 Å². The average Bonchev–Trinajstić information content (AvgIpc) is 3.51. The monoisotopic (exact) mass is 501 g/mol. The van der Waals surface area contributed by atoms with Crippen LogP contribution in [-0.4, -0.2) is 63.0 Å². The van der Waals surface area contributed by atoms with Crippen molar-refractivity contribution < 1.29 is 19.5 Å². The maximum absolute atomic E-state index is 14.1. The molecule has 0 saturated carbocycles. The molecule has 3 amide bonds. The number of rotatable bonds is 11. The molecule has 0 aliphatic carbocycles. The van der Waals surface area contributed by atoms with Gasteiger partial charge in [-0.25, -0.2) is 0 Å². The van der Waals surface area contributed by atoms with Gasteiger partial charge in [0, 0.05) is 18.3 Å². The van der Waals surface area contributed by atoms with Crippen LogP contribution in [0.2, 0.25) is 0 Å². The van der Waals surface area contributed by atoms with E-state index in [4.69, 9.17) is 0 Å². The zero-order chi connectivity index (χ0) is 25.2. The summed E-state index contributed by atoms with van der Waals surface area (Å²) in [4.78, 5) is 42.8. The van der Waals surface area contributed by atoms with E-state index in [0.717, 1.165) is 37.7 Å². The van der Waals surface area contributed by atoms with Crippen molar-refractivity contribution in [1.29, 1.82) is 0 Å². The number of aliphatic hydroxyl groups is 1. The highest BCUT2D eigenvalue weighted by atomic mass is 32.2. The lowest BCUT2D eigenvalue weighted by atomic mass is 9.70. The van der Waals surface area contributed by atoms with Crippen molar-refractivity contribution in [2.45, 2.75) is 81.5 Å². The van der Waals surface area contributed by atoms with Crippen molar-refractivity contribution in [3.8, 4) is 0 Å². The molecule has 192 valence electrons. The Balaban J connectivity index is 1.64. The molecular formula is C27H39N3O4S. The van der Waals surface area contributed by atoms with Crippen LogP contribution in [0.4, 0.5) is 0 Å². The highest BCUT2D eigenvalue weighted by Gasteiger charge is 2.74. The van der Waals surface area contributed by atoms with E-state index < -0.39 is 28.7 Å². The number of hydrogen-bond acceptors (Lipinski definition) is 5. The molecule has 3 N–H and O–H groups in total. The minimum Gasteiger partial charge on any atom is -0.394 e. The summed E-state index contributed by atoms with van der Waals surface area (Å²) in [6, 6.07) is 8.64. The molecule has 2 bridgehead atoms. The fourth-order valence-electron chi connectivity index (χ4n) is 6.25. The van der Waals surface area contributed by atoms with E-state index in [0.29, 0.717) is 13.1 Å². The smallest absolute Gasteiger partial charge is 0.244 e. The molecule has 3 saturated heterocycles. The van der Waals surface area contributed by atoms with Crippen LogP contribution in [0, 0.1) is 17.8 Å². The number of unbranched alkanes of at least 4 members (excludes halogenated alkanes) is 1. The number of nitrogens with one attached hydrogen (secondary N) is 2. The molecule has 1 aromatic carbocycles. The Hall–Kier alpha value is -2.06. The third kappa shape index (κ3) is 4.59. The van der Waals surface area contributed by atoms with Gasteiger partial charge in [-0.2, -0.15) is 0 Å². The molecule has 7 nitrogen and oxygen atoms in total. The van der Waals surface area contributed by atoms with Crippen LogP contribution in [0.15, 0.2) is 30.3 Å². The van der Waals surface area contributed by atoms with Crippen LogP contribution < -0.4 is 10.6 Å². The fraction of sp³-hybridized carbons (Fsp3) is 0.667. The lowest BCUT2D eigenvalue weighted by Crippen LogP contribution is -2.57. The Kier molecular flexibility index (Phi) is 8.11. The maximum Gasteiger partial charge on any atom is 0.244 e. The van der Waals surface area contributed by atoms with Crippen molar-refractivity contribution in [2.24, 2.45) is 17.8 Å². The minimum absolute atomic E-state index is 0.0315. The summed E-state index contributed by atoms with van der Waals surface area (Å²) in [5, 5.41) is 16.5. The summed E-state index contributed by atoms with van der Waals surface area (Å²) < 4.78 is -0.617. The number of benzene rings is 1. The molecule has 3 fully saturated rings. The summed E-state index contributed by atoms with van der Waals surface area (Å²) in [6.45, 7) is 6.91. The predicted molar refractivity (Wildman–Crippen MR) is 137 cm³/mol. The number of carbonyl (C=O) groups is 3. The van der Waals surface area contributed by atoms with E-state index >= 15 is 0 Å². The van der Waals surface area contributed by atoms with E-state index in [1.807, 2.05) is 44.2 Å². The number of aliphatic hydroxyl groups excluding tert-OH is 1. The van der Waals surface area contributed by atoms with Gasteiger partial charge in [-0.3, -0.25) is 14.4 Å². The van der Waals surface area contributed by atoms with Crippen LogP contribution >= 0.6 is 11.8 Å². The largest absolute Gasteiger partial charge is 0.394 e. The zero-order valence-electron chi connectivity index (χ0n) is 21.0. The molecule has 2 unspecified atom stereocenters. The molecule has 4 rings (SSSR count). The highest BCUT2D eigenvalue weighted by molar-refractivity contribution is 8.02. The van der Waals surface area contributed by atoms with Crippen LogP contribution in [0.3, 0.4) is 0 Å². The van der Waals surface area contributed by atoms with Gasteiger partial charge in [-0.05, 0) is 30.7 Å². The molecule has 3 aliphatic heterocycles. The number of thioether (sulfide) groups is 1. The Bertz CT molecular complexity index is 928. The first-order chi connectivity index (χ1) is 16.9. The standard InChI is InChI=1S/C27H39N3O4S/c1-4-6-14-28-25(33)23-27-13-12-20(35-27)21(24(32)29-15-18-10-8-7-9-11-18)22(27)26(34)30(23)19(16-31)17(3)5-2/h7-11,17,19-23,31H,4-6,12-16H2,1-3H3,(H,28,33)(H,29,32)/t17-,19-,20+,21-,22-,23?,27?/m0/s1. The van der Waals surface area contributed by atoms with Crippen molar-refractivity contribution in [3.63, 3.8) is 0 Å². The Morgan fingerprint density at radius 2 is 1.94 bits per heavy atom. The number of carbonyl (C=O) groups excluding carboxylic acids is 3. The van der Waals surface area contributed by atoms with Crippen molar-refractivity contribution in [1.82, 2.24) is 15.5 Å². The number of nitrogens with zero attached hydrogens (tertiary/aromatic N) is 1. The summed E-state index contributed by atoms with van der Waals surface area (Å²) in [5.74, 6) is -1.36. The quantitative estimate of drug-likeness (QED) is 0.405. The van der Waals surface area contributed by atoms with Gasteiger partial charge < -0.3 is 20.6 Å². The lowest BCUT2D eigenvalue weighted by Gasteiger charge is -2.39. The Morgan fingerprint density at radius 1 is 1.20 bits per heavy atom. The third-order valence-electron chi connectivity index (χ3n) is 8.27. The highest BCUT2D eigenvalue weighted by Crippen LogP contribution is 2.66. The molecule has 1 spiro atoms. The third-order valence-corrected chi connectivity index (χ3v) is 10.2. The van der Waals surface area contributed by atoms with E-state index in [1.54, 1.807) is 16.7 Å². The molecule has 35 heavy (non-hydrogen) atoms. The van der Waals surface area contributed by atoms with Gasteiger partial charge in [0.1, 0.15) is 6.04 Å². The van der Waals surface area contributed by atoms with Gasteiger partial charge in [-0.1, -0.05) is 63.9 Å². The SMILES string of the molecule is CCCCNC(=O)C1N([C@@H](CO)[C@@H](C)CC)C(=O)[C@@H]2[C@@H](C(=O)NCc3ccccc3)[C@H]3CCC12S3. The number of amides is 3. The Morgan fingerprint density at radius 3 is 2.60 bits per heavy atom. The fourth-order valence-corrected chi connectivity index (χ4v) is 8.46. The minimum atomic E-state index is -0.662. The van der Waals surface area contributed by atoms with Crippen LogP contribution in [-0.2, 0) is 20.9 Å². The molecule has 3 heterocycles.